The number of aliphatic hydroxyl groups is 2. The highest BCUT2D eigenvalue weighted by Gasteiger charge is 2.20. The number of esters is 1. The Hall–Kier alpha value is -1.12. The summed E-state index contributed by atoms with van der Waals surface area (Å²) >= 11 is 0. The van der Waals surface area contributed by atoms with Crippen LogP contribution in [0.1, 0.15) is 40.0 Å². The SMILES string of the molecule is CC(C)(C)OC(=O)CC(O)C[C@H](O)CC#N. The maximum Gasteiger partial charge on any atom is 0.308 e. The molecule has 2 atom stereocenters. The van der Waals surface area contributed by atoms with Gasteiger partial charge >= 0.3 is 5.97 Å². The molecule has 16 heavy (non-hydrogen) atoms. The molecule has 0 aliphatic rings. The molecule has 0 aromatic heterocycles. The molecule has 5 heteroatoms. The smallest absolute Gasteiger partial charge is 0.308 e. The second-order valence-corrected chi connectivity index (χ2v) is 4.70. The number of aliphatic hydroxyl groups excluding tert-OH is 2. The van der Waals surface area contributed by atoms with E-state index in [9.17, 15) is 15.0 Å². The summed E-state index contributed by atoms with van der Waals surface area (Å²) < 4.78 is 5.00. The van der Waals surface area contributed by atoms with Crippen molar-refractivity contribution in [3.8, 4) is 6.07 Å². The third-order valence-corrected chi connectivity index (χ3v) is 1.69. The molecule has 0 aromatic rings. The lowest BCUT2D eigenvalue weighted by atomic mass is 10.1. The molecule has 0 heterocycles. The van der Waals surface area contributed by atoms with Gasteiger partial charge in [0.25, 0.3) is 0 Å². The van der Waals surface area contributed by atoms with Crippen LogP contribution < -0.4 is 0 Å². The number of carbonyl (C=O) groups is 1. The fourth-order valence-corrected chi connectivity index (χ4v) is 1.16. The Morgan fingerprint density at radius 3 is 2.38 bits per heavy atom. The zero-order valence-electron chi connectivity index (χ0n) is 9.93. The Balaban J connectivity index is 3.92. The van der Waals surface area contributed by atoms with Crippen molar-refractivity contribution in [2.45, 2.75) is 57.8 Å². The van der Waals surface area contributed by atoms with Gasteiger partial charge in [0.05, 0.1) is 31.1 Å². The highest BCUT2D eigenvalue weighted by molar-refractivity contribution is 5.70. The fraction of sp³-hybridized carbons (Fsp3) is 0.818. The standard InChI is InChI=1S/C11H19NO4/c1-11(2,3)16-10(15)7-9(14)6-8(13)4-5-12/h8-9,13-14H,4,6-7H2,1-3H3/t8-,9?/m1/s1. The summed E-state index contributed by atoms with van der Waals surface area (Å²) in [6, 6.07) is 1.79. The number of carbonyl (C=O) groups excluding carboxylic acids is 1. The van der Waals surface area contributed by atoms with E-state index in [0.717, 1.165) is 0 Å². The van der Waals surface area contributed by atoms with Gasteiger partial charge in [-0.25, -0.2) is 0 Å². The lowest BCUT2D eigenvalue weighted by Gasteiger charge is -2.21. The van der Waals surface area contributed by atoms with Crippen LogP contribution in [0.3, 0.4) is 0 Å². The van der Waals surface area contributed by atoms with Gasteiger partial charge in [-0.2, -0.15) is 5.26 Å². The molecule has 0 saturated carbocycles. The number of nitriles is 1. The van der Waals surface area contributed by atoms with E-state index in [-0.39, 0.29) is 19.3 Å². The quantitative estimate of drug-likeness (QED) is 0.679. The summed E-state index contributed by atoms with van der Waals surface area (Å²) in [4.78, 5) is 11.3. The molecule has 0 bridgehead atoms. The largest absolute Gasteiger partial charge is 0.460 e. The van der Waals surface area contributed by atoms with E-state index in [0.29, 0.717) is 0 Å². The van der Waals surface area contributed by atoms with E-state index >= 15 is 0 Å². The van der Waals surface area contributed by atoms with E-state index in [2.05, 4.69) is 0 Å². The molecular weight excluding hydrogens is 210 g/mol. The third-order valence-electron chi connectivity index (χ3n) is 1.69. The normalized spacial score (nSPS) is 15.0. The molecule has 0 amide bonds. The maximum atomic E-state index is 11.3. The predicted octanol–water partition coefficient (Wildman–Crippen LogP) is 0.744. The summed E-state index contributed by atoms with van der Waals surface area (Å²) in [6.45, 7) is 5.21. The second kappa shape index (κ2) is 6.46. The summed E-state index contributed by atoms with van der Waals surface area (Å²) in [5, 5.41) is 27.0. The van der Waals surface area contributed by atoms with Crippen molar-refractivity contribution in [1.29, 1.82) is 5.26 Å². The Morgan fingerprint density at radius 2 is 1.94 bits per heavy atom. The molecule has 1 unspecified atom stereocenters. The zero-order chi connectivity index (χ0) is 12.8. The third kappa shape index (κ3) is 8.21. The van der Waals surface area contributed by atoms with Crippen LogP contribution in [0, 0.1) is 11.3 Å². The van der Waals surface area contributed by atoms with Crippen LogP contribution in [0.5, 0.6) is 0 Å². The van der Waals surface area contributed by atoms with Gasteiger partial charge in [0.1, 0.15) is 5.60 Å². The molecule has 0 aromatic carbocycles. The Bertz CT molecular complexity index is 264. The summed E-state index contributed by atoms with van der Waals surface area (Å²) in [7, 11) is 0. The lowest BCUT2D eigenvalue weighted by Crippen LogP contribution is -2.28. The maximum absolute atomic E-state index is 11.3. The first-order valence-corrected chi connectivity index (χ1v) is 5.19. The van der Waals surface area contributed by atoms with Crippen molar-refractivity contribution < 1.29 is 19.7 Å². The molecule has 0 fully saturated rings. The molecule has 0 rings (SSSR count). The van der Waals surface area contributed by atoms with Gasteiger partial charge in [0.2, 0.25) is 0 Å². The summed E-state index contributed by atoms with van der Waals surface area (Å²) in [5.41, 5.74) is -0.581. The molecule has 0 radical (unpaired) electrons. The van der Waals surface area contributed by atoms with Crippen molar-refractivity contribution in [2.24, 2.45) is 0 Å². The van der Waals surface area contributed by atoms with Crippen molar-refractivity contribution >= 4 is 5.97 Å². The van der Waals surface area contributed by atoms with Crippen LogP contribution in [-0.4, -0.2) is 34.0 Å². The van der Waals surface area contributed by atoms with Gasteiger partial charge in [0.15, 0.2) is 0 Å². The molecule has 92 valence electrons. The van der Waals surface area contributed by atoms with E-state index in [1.54, 1.807) is 26.8 Å². The average Bonchev–Trinajstić information content (AvgIpc) is 1.98. The number of hydrogen-bond acceptors (Lipinski definition) is 5. The van der Waals surface area contributed by atoms with Gasteiger partial charge < -0.3 is 14.9 Å². The van der Waals surface area contributed by atoms with Crippen LogP contribution >= 0.6 is 0 Å². The molecule has 5 nitrogen and oxygen atoms in total. The number of nitrogens with zero attached hydrogens (tertiary/aromatic N) is 1. The van der Waals surface area contributed by atoms with Gasteiger partial charge in [-0.15, -0.1) is 0 Å². The van der Waals surface area contributed by atoms with Crippen molar-refractivity contribution in [3.63, 3.8) is 0 Å². The van der Waals surface area contributed by atoms with Gasteiger partial charge in [0, 0.05) is 6.42 Å². The van der Waals surface area contributed by atoms with E-state index < -0.39 is 23.8 Å². The molecule has 0 saturated heterocycles. The van der Waals surface area contributed by atoms with Crippen LogP contribution in [-0.2, 0) is 9.53 Å². The molecule has 0 spiro atoms. The summed E-state index contributed by atoms with van der Waals surface area (Å²) in [6.07, 6.45) is -2.08. The molecular formula is C11H19NO4. The number of rotatable bonds is 5. The fourth-order valence-electron chi connectivity index (χ4n) is 1.16. The zero-order valence-corrected chi connectivity index (χ0v) is 9.93. The van der Waals surface area contributed by atoms with E-state index in [4.69, 9.17) is 10.00 Å². The van der Waals surface area contributed by atoms with Crippen LogP contribution in [0.2, 0.25) is 0 Å². The summed E-state index contributed by atoms with van der Waals surface area (Å²) in [5.74, 6) is -0.510. The van der Waals surface area contributed by atoms with Crippen molar-refractivity contribution in [2.75, 3.05) is 0 Å². The number of hydrogen-bond donors (Lipinski definition) is 2. The van der Waals surface area contributed by atoms with Crippen molar-refractivity contribution in [1.82, 2.24) is 0 Å². The Morgan fingerprint density at radius 1 is 1.38 bits per heavy atom. The first-order valence-electron chi connectivity index (χ1n) is 5.19. The Kier molecular flexibility index (Phi) is 6.01. The molecule has 0 aliphatic carbocycles. The first kappa shape index (κ1) is 14.9. The van der Waals surface area contributed by atoms with Gasteiger partial charge in [-0.05, 0) is 20.8 Å². The number of ether oxygens (including phenoxy) is 1. The van der Waals surface area contributed by atoms with Crippen LogP contribution in [0.25, 0.3) is 0 Å². The van der Waals surface area contributed by atoms with E-state index in [1.165, 1.54) is 0 Å². The minimum absolute atomic E-state index is 0.00675. The highest BCUT2D eigenvalue weighted by atomic mass is 16.6. The lowest BCUT2D eigenvalue weighted by molar-refractivity contribution is -0.157. The van der Waals surface area contributed by atoms with Crippen LogP contribution in [0.4, 0.5) is 0 Å². The minimum atomic E-state index is -0.974. The van der Waals surface area contributed by atoms with Gasteiger partial charge in [-0.1, -0.05) is 0 Å². The molecule has 2 N–H and O–H groups in total. The second-order valence-electron chi connectivity index (χ2n) is 4.70. The minimum Gasteiger partial charge on any atom is -0.460 e. The van der Waals surface area contributed by atoms with Crippen molar-refractivity contribution in [3.05, 3.63) is 0 Å². The van der Waals surface area contributed by atoms with Gasteiger partial charge in [-0.3, -0.25) is 4.79 Å². The highest BCUT2D eigenvalue weighted by Crippen LogP contribution is 2.11. The van der Waals surface area contributed by atoms with E-state index in [1.807, 2.05) is 0 Å². The topological polar surface area (TPSA) is 90.6 Å². The monoisotopic (exact) mass is 229 g/mol. The predicted molar refractivity (Wildman–Crippen MR) is 57.3 cm³/mol. The Labute approximate surface area is 95.6 Å². The molecule has 0 aliphatic heterocycles. The first-order chi connectivity index (χ1) is 7.24. The average molecular weight is 229 g/mol. The van der Waals surface area contributed by atoms with Crippen LogP contribution in [0.15, 0.2) is 0 Å².